The molecule has 13 heteroatoms. The van der Waals surface area contributed by atoms with Gasteiger partial charge >= 0.3 is 0 Å². The molecule has 3 heterocycles. The number of nitrogens with zero attached hydrogens (tertiary/aromatic N) is 3. The van der Waals surface area contributed by atoms with Crippen LogP contribution in [0.5, 0.6) is 0 Å². The maximum Gasteiger partial charge on any atom is 0.263 e. The van der Waals surface area contributed by atoms with Gasteiger partial charge in [-0.1, -0.05) is 0 Å². The quantitative estimate of drug-likeness (QED) is 0.281. The highest BCUT2D eigenvalue weighted by Crippen LogP contribution is 2.40. The normalized spacial score (nSPS) is 41.3. The van der Waals surface area contributed by atoms with Crippen LogP contribution < -0.4 is 11.1 Å². The third kappa shape index (κ3) is 2.69. The number of nitrogens with one attached hydrogen (secondary N) is 1. The maximum atomic E-state index is 12.9. The molecule has 7 atom stereocenters. The summed E-state index contributed by atoms with van der Waals surface area (Å²) in [6.07, 6.45) is -6.14. The first-order chi connectivity index (χ1) is 13.4. The molecule has 2 amide bonds. The Morgan fingerprint density at radius 3 is 2.31 bits per heavy atom. The molecule has 3 aliphatic rings. The molecule has 160 valence electrons. The van der Waals surface area contributed by atoms with E-state index >= 15 is 0 Å². The maximum absolute atomic E-state index is 12.9. The Labute approximate surface area is 165 Å². The Morgan fingerprint density at radius 1 is 1.24 bits per heavy atom. The zero-order chi connectivity index (χ0) is 21.9. The zero-order valence-electron chi connectivity index (χ0n) is 16.0. The number of hydrogen-bond donors (Lipinski definition) is 5. The minimum absolute atomic E-state index is 0.618. The number of aliphatic hydroxyl groups is 3. The first-order valence-corrected chi connectivity index (χ1v) is 8.82. The SMILES string of the molecule is CC(=O)N1C2N([C@H]3O[C@@H](CO)[C@H](O)[C@@H]3O)C=NC2(C(C)=O)C(=O)NC1(N)C(C)=O. The summed E-state index contributed by atoms with van der Waals surface area (Å²) in [6, 6.07) is 0. The smallest absolute Gasteiger partial charge is 0.263 e. The standard InChI is InChI=1S/C16H23N5O8/c1-6(23)15-13(28)19-16(17,7(2)24)21(8(3)25)14(15)20(5-18-15)12-11(27)10(26)9(4-22)29-12/h5,9-12,14,22,26-27H,4,17H2,1-3H3,(H,19,28)/t9-,10-,11-,12-,14?,15?,16?/m0/s1. The van der Waals surface area contributed by atoms with E-state index in [1.165, 1.54) is 0 Å². The van der Waals surface area contributed by atoms with Crippen LogP contribution in [0.4, 0.5) is 0 Å². The van der Waals surface area contributed by atoms with Crippen LogP contribution in [0.25, 0.3) is 0 Å². The number of fused-ring (bicyclic) bond motifs is 1. The zero-order valence-corrected chi connectivity index (χ0v) is 16.0. The van der Waals surface area contributed by atoms with Gasteiger partial charge < -0.3 is 30.3 Å². The summed E-state index contributed by atoms with van der Waals surface area (Å²) in [7, 11) is 0. The fraction of sp³-hybridized carbons (Fsp3) is 0.688. The van der Waals surface area contributed by atoms with Gasteiger partial charge in [-0.3, -0.25) is 29.8 Å². The second-order valence-electron chi connectivity index (χ2n) is 7.28. The van der Waals surface area contributed by atoms with Crippen LogP contribution in [0.15, 0.2) is 4.99 Å². The Kier molecular flexibility index (Phi) is 4.99. The minimum Gasteiger partial charge on any atom is -0.394 e. The number of hydrogen-bond acceptors (Lipinski definition) is 11. The highest BCUT2D eigenvalue weighted by atomic mass is 16.6. The van der Waals surface area contributed by atoms with Gasteiger partial charge in [-0.15, -0.1) is 0 Å². The summed E-state index contributed by atoms with van der Waals surface area (Å²) in [4.78, 5) is 56.1. The second-order valence-corrected chi connectivity index (χ2v) is 7.28. The van der Waals surface area contributed by atoms with Gasteiger partial charge in [0.25, 0.3) is 5.91 Å². The largest absolute Gasteiger partial charge is 0.394 e. The molecule has 3 rings (SSSR count). The molecular formula is C16H23N5O8. The Morgan fingerprint density at radius 2 is 1.86 bits per heavy atom. The molecule has 29 heavy (non-hydrogen) atoms. The molecule has 0 aromatic carbocycles. The number of rotatable bonds is 4. The molecule has 0 saturated carbocycles. The summed E-state index contributed by atoms with van der Waals surface area (Å²) >= 11 is 0. The number of aliphatic hydroxyl groups excluding tert-OH is 3. The van der Waals surface area contributed by atoms with Crippen LogP contribution in [0, 0.1) is 0 Å². The van der Waals surface area contributed by atoms with Crippen LogP contribution >= 0.6 is 0 Å². The van der Waals surface area contributed by atoms with E-state index < -0.39 is 72.0 Å². The fourth-order valence-corrected chi connectivity index (χ4v) is 3.96. The van der Waals surface area contributed by atoms with Gasteiger partial charge in [-0.05, 0) is 6.92 Å². The lowest BCUT2D eigenvalue weighted by Crippen LogP contribution is -2.86. The van der Waals surface area contributed by atoms with Crippen molar-refractivity contribution in [1.82, 2.24) is 15.1 Å². The second kappa shape index (κ2) is 6.81. The minimum atomic E-state index is -2.28. The van der Waals surface area contributed by atoms with Gasteiger partial charge in [0.05, 0.1) is 12.9 Å². The van der Waals surface area contributed by atoms with Crippen molar-refractivity contribution in [2.24, 2.45) is 10.7 Å². The Bertz CT molecular complexity index is 804. The molecule has 0 radical (unpaired) electrons. The van der Waals surface area contributed by atoms with Crippen LogP contribution in [0.2, 0.25) is 0 Å². The first kappa shape index (κ1) is 21.3. The van der Waals surface area contributed by atoms with E-state index in [-0.39, 0.29) is 0 Å². The molecule has 13 nitrogen and oxygen atoms in total. The van der Waals surface area contributed by atoms with Gasteiger partial charge in [-0.25, -0.2) is 4.99 Å². The van der Waals surface area contributed by atoms with Crippen molar-refractivity contribution in [2.75, 3.05) is 6.61 Å². The van der Waals surface area contributed by atoms with E-state index in [4.69, 9.17) is 10.5 Å². The average Bonchev–Trinajstić information content (AvgIpc) is 3.14. The van der Waals surface area contributed by atoms with Gasteiger partial charge in [0.2, 0.25) is 17.2 Å². The van der Waals surface area contributed by atoms with E-state index in [1.807, 2.05) is 0 Å². The van der Waals surface area contributed by atoms with E-state index in [0.29, 0.717) is 0 Å². The molecular weight excluding hydrogens is 390 g/mol. The van der Waals surface area contributed by atoms with Crippen molar-refractivity contribution in [3.8, 4) is 0 Å². The Hall–Kier alpha value is -2.45. The highest BCUT2D eigenvalue weighted by molar-refractivity contribution is 6.15. The van der Waals surface area contributed by atoms with Gasteiger partial charge in [0.15, 0.2) is 24.0 Å². The molecule has 3 aliphatic heterocycles. The molecule has 0 bridgehead atoms. The van der Waals surface area contributed by atoms with Crippen molar-refractivity contribution >= 4 is 29.7 Å². The van der Waals surface area contributed by atoms with Crippen molar-refractivity contribution in [3.63, 3.8) is 0 Å². The molecule has 0 spiro atoms. The molecule has 2 fully saturated rings. The van der Waals surface area contributed by atoms with E-state index in [0.717, 1.165) is 36.9 Å². The lowest BCUT2D eigenvalue weighted by molar-refractivity contribution is -0.183. The lowest BCUT2D eigenvalue weighted by Gasteiger charge is -2.53. The third-order valence-corrected chi connectivity index (χ3v) is 5.55. The molecule has 0 aromatic rings. The average molecular weight is 413 g/mol. The molecule has 2 saturated heterocycles. The molecule has 0 aliphatic carbocycles. The van der Waals surface area contributed by atoms with Gasteiger partial charge in [-0.2, -0.15) is 0 Å². The van der Waals surface area contributed by atoms with Gasteiger partial charge in [0.1, 0.15) is 18.3 Å². The van der Waals surface area contributed by atoms with E-state index in [1.54, 1.807) is 0 Å². The van der Waals surface area contributed by atoms with Gasteiger partial charge in [0, 0.05) is 13.8 Å². The summed E-state index contributed by atoms with van der Waals surface area (Å²) in [6.45, 7) is 2.61. The number of carbonyl (C=O) groups excluding carboxylic acids is 4. The molecule has 0 aromatic heterocycles. The summed E-state index contributed by atoms with van der Waals surface area (Å²) in [5.74, 6) is -5.58. The summed E-state index contributed by atoms with van der Waals surface area (Å²) < 4.78 is 5.46. The molecule has 3 unspecified atom stereocenters. The number of nitrogens with two attached hydrogens (primary N) is 1. The van der Waals surface area contributed by atoms with Crippen molar-refractivity contribution < 1.29 is 39.2 Å². The Balaban J connectivity index is 2.16. The number of ketones is 2. The van der Waals surface area contributed by atoms with Crippen LogP contribution in [0.3, 0.4) is 0 Å². The van der Waals surface area contributed by atoms with Crippen molar-refractivity contribution in [1.29, 1.82) is 0 Å². The van der Waals surface area contributed by atoms with E-state index in [9.17, 15) is 34.5 Å². The van der Waals surface area contributed by atoms with Crippen LogP contribution in [-0.4, -0.2) is 103 Å². The molecule has 6 N–H and O–H groups in total. The number of Topliss-reactive ketones (excluding diaryl/α,β-unsaturated/α-hetero) is 2. The summed E-state index contributed by atoms with van der Waals surface area (Å²) in [5, 5.41) is 32.0. The van der Waals surface area contributed by atoms with E-state index in [2.05, 4.69) is 10.3 Å². The number of ether oxygens (including phenoxy) is 1. The van der Waals surface area contributed by atoms with Crippen molar-refractivity contribution in [2.45, 2.75) is 62.8 Å². The fourth-order valence-electron chi connectivity index (χ4n) is 3.96. The third-order valence-electron chi connectivity index (χ3n) is 5.55. The summed E-state index contributed by atoms with van der Waals surface area (Å²) in [5.41, 5.74) is 3.89. The first-order valence-electron chi connectivity index (χ1n) is 8.82. The highest BCUT2D eigenvalue weighted by Gasteiger charge is 2.69. The van der Waals surface area contributed by atoms with Crippen LogP contribution in [0.1, 0.15) is 20.8 Å². The number of amides is 2. The number of carbonyl (C=O) groups is 4. The topological polar surface area (TPSA) is 195 Å². The van der Waals surface area contributed by atoms with Crippen LogP contribution in [-0.2, 0) is 23.9 Å². The monoisotopic (exact) mass is 413 g/mol. The number of aliphatic imine (C=N–C) groups is 1. The predicted octanol–water partition coefficient (Wildman–Crippen LogP) is -4.40. The predicted molar refractivity (Wildman–Crippen MR) is 93.6 cm³/mol. The lowest BCUT2D eigenvalue weighted by atomic mass is 9.85. The van der Waals surface area contributed by atoms with Crippen molar-refractivity contribution in [3.05, 3.63) is 0 Å².